The molecule has 2 rings (SSSR count). The number of benzene rings is 1. The van der Waals surface area contributed by atoms with Crippen LogP contribution in [0, 0.1) is 6.92 Å². The van der Waals surface area contributed by atoms with E-state index in [2.05, 4.69) is 5.32 Å². The third-order valence-electron chi connectivity index (χ3n) is 4.29. The van der Waals surface area contributed by atoms with Crippen molar-refractivity contribution < 1.29 is 19.1 Å². The third-order valence-corrected chi connectivity index (χ3v) is 5.72. The number of ether oxygens (including phenoxy) is 1. The average Bonchev–Trinajstić information content (AvgIpc) is 3.02. The second-order valence-corrected chi connectivity index (χ2v) is 7.56. The summed E-state index contributed by atoms with van der Waals surface area (Å²) in [6.45, 7) is 6.54. The molecule has 29 heavy (non-hydrogen) atoms. The highest BCUT2D eigenvalue weighted by Gasteiger charge is 2.27. The van der Waals surface area contributed by atoms with Gasteiger partial charge in [0, 0.05) is 24.2 Å². The van der Waals surface area contributed by atoms with Gasteiger partial charge in [-0.1, -0.05) is 23.7 Å². The first-order valence-corrected chi connectivity index (χ1v) is 10.3. The van der Waals surface area contributed by atoms with Gasteiger partial charge in [0.05, 0.1) is 17.6 Å². The monoisotopic (exact) mass is 434 g/mol. The van der Waals surface area contributed by atoms with Gasteiger partial charge in [-0.25, -0.2) is 4.79 Å². The molecule has 0 atom stereocenters. The maximum atomic E-state index is 12.8. The van der Waals surface area contributed by atoms with Crippen LogP contribution in [0.1, 0.15) is 45.0 Å². The number of methoxy groups -OCH3 is 1. The van der Waals surface area contributed by atoms with Crippen molar-refractivity contribution in [1.82, 2.24) is 4.90 Å². The first-order chi connectivity index (χ1) is 13.8. The average molecular weight is 435 g/mol. The van der Waals surface area contributed by atoms with Crippen LogP contribution in [-0.4, -0.2) is 42.9 Å². The summed E-state index contributed by atoms with van der Waals surface area (Å²) in [5.74, 6) is -1.22. The van der Waals surface area contributed by atoms with Crippen molar-refractivity contribution in [1.29, 1.82) is 0 Å². The van der Waals surface area contributed by atoms with E-state index in [1.165, 1.54) is 13.2 Å². The lowest BCUT2D eigenvalue weighted by Crippen LogP contribution is -2.30. The fraction of sp³-hybridized carbons (Fsp3) is 0.286. The summed E-state index contributed by atoms with van der Waals surface area (Å²) in [6.07, 6.45) is 2.95. The Bertz CT molecular complexity index is 948. The molecule has 0 aliphatic heterocycles. The molecule has 2 aromatic rings. The molecule has 0 aliphatic rings. The van der Waals surface area contributed by atoms with Crippen LogP contribution in [0.25, 0.3) is 6.08 Å². The van der Waals surface area contributed by atoms with Crippen LogP contribution >= 0.6 is 22.9 Å². The Morgan fingerprint density at radius 2 is 1.93 bits per heavy atom. The number of carbonyl (C=O) groups is 3. The van der Waals surface area contributed by atoms with Gasteiger partial charge in [-0.2, -0.15) is 0 Å². The molecular formula is C21H23ClN2O4S. The van der Waals surface area contributed by atoms with Crippen molar-refractivity contribution in [3.8, 4) is 0 Å². The van der Waals surface area contributed by atoms with Crippen molar-refractivity contribution in [2.45, 2.75) is 20.8 Å². The van der Waals surface area contributed by atoms with Crippen LogP contribution in [0.3, 0.4) is 0 Å². The van der Waals surface area contributed by atoms with E-state index in [0.717, 1.165) is 16.9 Å². The smallest absolute Gasteiger partial charge is 0.341 e. The lowest BCUT2D eigenvalue weighted by atomic mass is 10.1. The van der Waals surface area contributed by atoms with Gasteiger partial charge in [0.2, 0.25) is 5.91 Å². The minimum Gasteiger partial charge on any atom is -0.465 e. The molecule has 0 unspecified atom stereocenters. The first-order valence-electron chi connectivity index (χ1n) is 9.07. The second kappa shape index (κ2) is 10.2. The number of nitrogens with zero attached hydrogens (tertiary/aromatic N) is 1. The van der Waals surface area contributed by atoms with Gasteiger partial charge >= 0.3 is 5.97 Å². The van der Waals surface area contributed by atoms with Gasteiger partial charge in [0.1, 0.15) is 5.00 Å². The van der Waals surface area contributed by atoms with Crippen molar-refractivity contribution in [3.63, 3.8) is 0 Å². The minimum absolute atomic E-state index is 0.183. The Balaban J connectivity index is 2.33. The highest BCUT2D eigenvalue weighted by Crippen LogP contribution is 2.34. The summed E-state index contributed by atoms with van der Waals surface area (Å²) in [7, 11) is 1.26. The summed E-state index contributed by atoms with van der Waals surface area (Å²) < 4.78 is 4.85. The summed E-state index contributed by atoms with van der Waals surface area (Å²) in [4.78, 5) is 39.5. The Morgan fingerprint density at radius 3 is 2.52 bits per heavy atom. The van der Waals surface area contributed by atoms with Crippen molar-refractivity contribution in [2.75, 3.05) is 25.5 Å². The fourth-order valence-corrected chi connectivity index (χ4v) is 4.11. The van der Waals surface area contributed by atoms with Crippen LogP contribution < -0.4 is 5.32 Å². The highest BCUT2D eigenvalue weighted by atomic mass is 35.5. The van der Waals surface area contributed by atoms with E-state index in [4.69, 9.17) is 16.3 Å². The first kappa shape index (κ1) is 22.6. The number of rotatable bonds is 7. The molecular weight excluding hydrogens is 412 g/mol. The number of esters is 1. The Hall–Kier alpha value is -2.64. The number of carbonyl (C=O) groups excluding carboxylic acids is 3. The van der Waals surface area contributed by atoms with Crippen LogP contribution in [0.2, 0.25) is 5.02 Å². The molecule has 0 spiro atoms. The lowest BCUT2D eigenvalue weighted by Gasteiger charge is -2.17. The van der Waals surface area contributed by atoms with E-state index < -0.39 is 11.9 Å². The summed E-state index contributed by atoms with van der Waals surface area (Å²) >= 11 is 7.01. The fourth-order valence-electron chi connectivity index (χ4n) is 2.74. The predicted octanol–water partition coefficient (Wildman–Crippen LogP) is 4.63. The van der Waals surface area contributed by atoms with Crippen molar-refractivity contribution in [2.24, 2.45) is 0 Å². The van der Waals surface area contributed by atoms with E-state index in [1.54, 1.807) is 36.1 Å². The van der Waals surface area contributed by atoms with E-state index in [9.17, 15) is 14.4 Å². The number of halogens is 1. The standard InChI is InChI=1S/C21H23ClN2O4S/c1-5-24(6-2)20(26)18-13(3)17(21(27)28-4)19(29-18)23-16(25)11-10-14-8-7-9-15(22)12-14/h7-12H,5-6H2,1-4H3,(H,23,25). The predicted molar refractivity (Wildman–Crippen MR) is 117 cm³/mol. The molecule has 0 saturated heterocycles. The Kier molecular flexibility index (Phi) is 7.99. The molecule has 1 aromatic heterocycles. The van der Waals surface area contributed by atoms with E-state index >= 15 is 0 Å². The molecule has 0 bridgehead atoms. The summed E-state index contributed by atoms with van der Waals surface area (Å²) in [6, 6.07) is 7.06. The van der Waals surface area contributed by atoms with Crippen LogP contribution in [-0.2, 0) is 9.53 Å². The van der Waals surface area contributed by atoms with Gasteiger partial charge in [0.15, 0.2) is 0 Å². The number of anilines is 1. The van der Waals surface area contributed by atoms with Crippen molar-refractivity contribution in [3.05, 3.63) is 56.9 Å². The van der Waals surface area contributed by atoms with Gasteiger partial charge in [-0.15, -0.1) is 11.3 Å². The highest BCUT2D eigenvalue weighted by molar-refractivity contribution is 7.18. The number of hydrogen-bond acceptors (Lipinski definition) is 5. The minimum atomic E-state index is -0.605. The topological polar surface area (TPSA) is 75.7 Å². The maximum Gasteiger partial charge on any atom is 0.341 e. The Morgan fingerprint density at radius 1 is 1.24 bits per heavy atom. The van der Waals surface area contributed by atoms with E-state index in [-0.39, 0.29) is 16.5 Å². The van der Waals surface area contributed by atoms with Crippen LogP contribution in [0.4, 0.5) is 5.00 Å². The molecule has 0 fully saturated rings. The van der Waals surface area contributed by atoms with E-state index in [1.807, 2.05) is 19.9 Å². The molecule has 1 heterocycles. The lowest BCUT2D eigenvalue weighted by molar-refractivity contribution is -0.111. The molecule has 6 nitrogen and oxygen atoms in total. The summed E-state index contributed by atoms with van der Waals surface area (Å²) in [5, 5.41) is 3.54. The van der Waals surface area contributed by atoms with Gasteiger partial charge in [0.25, 0.3) is 5.91 Å². The van der Waals surface area contributed by atoms with Crippen molar-refractivity contribution >= 4 is 51.8 Å². The normalized spacial score (nSPS) is 10.8. The maximum absolute atomic E-state index is 12.8. The molecule has 154 valence electrons. The van der Waals surface area contributed by atoms with Crippen LogP contribution in [0.15, 0.2) is 30.3 Å². The molecule has 2 amide bonds. The quantitative estimate of drug-likeness (QED) is 0.509. The van der Waals surface area contributed by atoms with Gasteiger partial charge in [-0.05, 0) is 50.1 Å². The number of hydrogen-bond donors (Lipinski definition) is 1. The van der Waals surface area contributed by atoms with E-state index in [0.29, 0.717) is 28.6 Å². The SMILES string of the molecule is CCN(CC)C(=O)c1sc(NC(=O)C=Cc2cccc(Cl)c2)c(C(=O)OC)c1C. The third kappa shape index (κ3) is 5.46. The van der Waals surface area contributed by atoms with Gasteiger partial charge < -0.3 is 15.0 Å². The number of thiophene rings is 1. The molecule has 0 saturated carbocycles. The number of nitrogens with one attached hydrogen (secondary N) is 1. The Labute approximate surface area is 179 Å². The molecule has 8 heteroatoms. The summed E-state index contributed by atoms with van der Waals surface area (Å²) in [5.41, 5.74) is 1.45. The second-order valence-electron chi connectivity index (χ2n) is 6.11. The molecule has 1 N–H and O–H groups in total. The zero-order valence-corrected chi connectivity index (χ0v) is 18.3. The largest absolute Gasteiger partial charge is 0.465 e. The zero-order chi connectivity index (χ0) is 21.6. The van der Waals surface area contributed by atoms with Crippen LogP contribution in [0.5, 0.6) is 0 Å². The molecule has 0 aliphatic carbocycles. The molecule has 1 aromatic carbocycles. The molecule has 0 radical (unpaired) electrons. The zero-order valence-electron chi connectivity index (χ0n) is 16.7. The number of amides is 2. The van der Waals surface area contributed by atoms with Gasteiger partial charge in [-0.3, -0.25) is 9.59 Å².